The number of amides is 1. The molecule has 0 saturated carbocycles. The van der Waals surface area contributed by atoms with Gasteiger partial charge in [-0.05, 0) is 44.2 Å². The van der Waals surface area contributed by atoms with Gasteiger partial charge in [0.2, 0.25) is 0 Å². The summed E-state index contributed by atoms with van der Waals surface area (Å²) in [7, 11) is -3.37. The zero-order chi connectivity index (χ0) is 16.5. The van der Waals surface area contributed by atoms with Crippen molar-refractivity contribution >= 4 is 33.0 Å². The Morgan fingerprint density at radius 1 is 1.05 bits per heavy atom. The van der Waals surface area contributed by atoms with E-state index in [-0.39, 0.29) is 21.5 Å². The normalized spacial score (nSPS) is 11.3. The number of sulfone groups is 1. The van der Waals surface area contributed by atoms with Gasteiger partial charge in [-0.15, -0.1) is 0 Å². The van der Waals surface area contributed by atoms with Crippen LogP contribution in [-0.4, -0.2) is 20.6 Å². The van der Waals surface area contributed by atoms with Crippen molar-refractivity contribution in [3.05, 3.63) is 58.1 Å². The Balaban J connectivity index is 2.36. The first kappa shape index (κ1) is 16.5. The Kier molecular flexibility index (Phi) is 4.58. The van der Waals surface area contributed by atoms with E-state index in [4.69, 9.17) is 11.6 Å². The number of nitrogens with one attached hydrogen (secondary N) is 1. The maximum atomic E-state index is 12.3. The van der Waals surface area contributed by atoms with E-state index >= 15 is 0 Å². The van der Waals surface area contributed by atoms with Crippen molar-refractivity contribution in [3.63, 3.8) is 0 Å². The number of anilines is 1. The van der Waals surface area contributed by atoms with Gasteiger partial charge in [-0.1, -0.05) is 28.8 Å². The lowest BCUT2D eigenvalue weighted by atomic mass is 10.1. The minimum absolute atomic E-state index is 0.104. The molecule has 0 radical (unpaired) electrons. The van der Waals surface area contributed by atoms with E-state index in [0.717, 1.165) is 17.4 Å². The number of benzene rings is 2. The maximum absolute atomic E-state index is 12.3. The first-order valence-electron chi connectivity index (χ1n) is 6.56. The number of rotatable bonds is 3. The average Bonchev–Trinajstić information content (AvgIpc) is 2.38. The summed E-state index contributed by atoms with van der Waals surface area (Å²) in [5, 5.41) is 2.94. The molecule has 22 heavy (non-hydrogen) atoms. The molecule has 1 amide bonds. The lowest BCUT2D eigenvalue weighted by Crippen LogP contribution is -2.13. The van der Waals surface area contributed by atoms with E-state index in [0.29, 0.717) is 5.56 Å². The largest absolute Gasteiger partial charge is 0.321 e. The van der Waals surface area contributed by atoms with Crippen molar-refractivity contribution < 1.29 is 13.2 Å². The van der Waals surface area contributed by atoms with Crippen LogP contribution in [0, 0.1) is 13.8 Å². The van der Waals surface area contributed by atoms with Gasteiger partial charge < -0.3 is 5.32 Å². The smallest absolute Gasteiger partial charge is 0.255 e. The topological polar surface area (TPSA) is 63.2 Å². The lowest BCUT2D eigenvalue weighted by molar-refractivity contribution is 0.102. The number of halogens is 1. The highest BCUT2D eigenvalue weighted by molar-refractivity contribution is 7.90. The minimum Gasteiger partial charge on any atom is -0.321 e. The van der Waals surface area contributed by atoms with E-state index in [9.17, 15) is 13.2 Å². The van der Waals surface area contributed by atoms with Gasteiger partial charge in [-0.3, -0.25) is 4.79 Å². The van der Waals surface area contributed by atoms with Gasteiger partial charge in [0, 0.05) is 11.8 Å². The van der Waals surface area contributed by atoms with E-state index in [1.54, 1.807) is 12.1 Å². The standard InChI is InChI=1S/C16H16ClNO3S/c1-10-6-11(2)8-12(7-10)16(19)18-15-9-13(22(3,20)21)4-5-14(15)17/h4-9H,1-3H3,(H,18,19). The molecule has 6 heteroatoms. The molecule has 116 valence electrons. The predicted octanol–water partition coefficient (Wildman–Crippen LogP) is 3.61. The van der Waals surface area contributed by atoms with E-state index in [1.165, 1.54) is 18.2 Å². The maximum Gasteiger partial charge on any atom is 0.255 e. The first-order chi connectivity index (χ1) is 10.2. The molecule has 0 aliphatic heterocycles. The fraction of sp³-hybridized carbons (Fsp3) is 0.188. The molecule has 0 heterocycles. The second-order valence-corrected chi connectivity index (χ2v) is 7.67. The zero-order valence-corrected chi connectivity index (χ0v) is 14.0. The van der Waals surface area contributed by atoms with Gasteiger partial charge in [-0.25, -0.2) is 8.42 Å². The molecule has 0 saturated heterocycles. The summed E-state index contributed by atoms with van der Waals surface area (Å²) in [6.07, 6.45) is 1.10. The molecule has 0 aromatic heterocycles. The first-order valence-corrected chi connectivity index (χ1v) is 8.83. The van der Waals surface area contributed by atoms with Crippen LogP contribution in [0.4, 0.5) is 5.69 Å². The van der Waals surface area contributed by atoms with Gasteiger partial charge in [-0.2, -0.15) is 0 Å². The molecule has 0 aliphatic carbocycles. The highest BCUT2D eigenvalue weighted by atomic mass is 35.5. The van der Waals surface area contributed by atoms with Gasteiger partial charge >= 0.3 is 0 Å². The highest BCUT2D eigenvalue weighted by Crippen LogP contribution is 2.26. The summed E-state index contributed by atoms with van der Waals surface area (Å²) in [5.74, 6) is -0.334. The van der Waals surface area contributed by atoms with Crippen LogP contribution in [0.25, 0.3) is 0 Å². The summed E-state index contributed by atoms with van der Waals surface area (Å²) >= 11 is 6.03. The van der Waals surface area contributed by atoms with Gasteiger partial charge in [0.05, 0.1) is 15.6 Å². The molecule has 2 aromatic rings. The summed E-state index contributed by atoms with van der Waals surface area (Å²) < 4.78 is 23.2. The van der Waals surface area contributed by atoms with Crippen LogP contribution in [-0.2, 0) is 9.84 Å². The Hall–Kier alpha value is -1.85. The molecule has 0 fully saturated rings. The van der Waals surface area contributed by atoms with Crippen LogP contribution >= 0.6 is 11.6 Å². The second-order valence-electron chi connectivity index (χ2n) is 5.24. The average molecular weight is 338 g/mol. The molecule has 1 N–H and O–H groups in total. The third-order valence-electron chi connectivity index (χ3n) is 3.10. The zero-order valence-electron chi connectivity index (χ0n) is 12.5. The summed E-state index contributed by atoms with van der Waals surface area (Å²) in [4.78, 5) is 12.4. The molecule has 2 aromatic carbocycles. The van der Waals surface area contributed by atoms with Crippen molar-refractivity contribution in [2.24, 2.45) is 0 Å². The van der Waals surface area contributed by atoms with Crippen LogP contribution in [0.1, 0.15) is 21.5 Å². The lowest BCUT2D eigenvalue weighted by Gasteiger charge is -2.10. The number of carbonyl (C=O) groups excluding carboxylic acids is 1. The van der Waals surface area contributed by atoms with Crippen molar-refractivity contribution in [2.45, 2.75) is 18.7 Å². The minimum atomic E-state index is -3.37. The molecule has 0 unspecified atom stereocenters. The molecular formula is C16H16ClNO3S. The van der Waals surface area contributed by atoms with Gasteiger partial charge in [0.25, 0.3) is 5.91 Å². The molecule has 2 rings (SSSR count). The highest BCUT2D eigenvalue weighted by Gasteiger charge is 2.13. The Bertz CT molecular complexity index is 824. The fourth-order valence-electron chi connectivity index (χ4n) is 2.13. The Morgan fingerprint density at radius 2 is 1.64 bits per heavy atom. The van der Waals surface area contributed by atoms with Crippen LogP contribution in [0.3, 0.4) is 0 Å². The number of aryl methyl sites for hydroxylation is 2. The Labute approximate surface area is 135 Å². The monoisotopic (exact) mass is 337 g/mol. The molecule has 0 aliphatic rings. The molecule has 0 atom stereocenters. The quantitative estimate of drug-likeness (QED) is 0.930. The summed E-state index contributed by atoms with van der Waals surface area (Å²) in [6.45, 7) is 3.81. The van der Waals surface area contributed by atoms with Gasteiger partial charge in [0.1, 0.15) is 0 Å². The van der Waals surface area contributed by atoms with Crippen LogP contribution in [0.2, 0.25) is 5.02 Å². The van der Waals surface area contributed by atoms with Crippen molar-refractivity contribution in [2.75, 3.05) is 11.6 Å². The molecule has 0 spiro atoms. The third-order valence-corrected chi connectivity index (χ3v) is 4.54. The van der Waals surface area contributed by atoms with E-state index in [1.807, 2.05) is 19.9 Å². The SMILES string of the molecule is Cc1cc(C)cc(C(=O)Nc2cc(S(C)(=O)=O)ccc2Cl)c1. The van der Waals surface area contributed by atoms with E-state index < -0.39 is 9.84 Å². The predicted molar refractivity (Wildman–Crippen MR) is 88.4 cm³/mol. The summed E-state index contributed by atoms with van der Waals surface area (Å²) in [5.41, 5.74) is 2.72. The molecule has 4 nitrogen and oxygen atoms in total. The number of hydrogen-bond acceptors (Lipinski definition) is 3. The number of carbonyl (C=O) groups is 1. The molecular weight excluding hydrogens is 322 g/mol. The van der Waals surface area contributed by atoms with Crippen molar-refractivity contribution in [1.29, 1.82) is 0 Å². The number of hydrogen-bond donors (Lipinski definition) is 1. The fourth-order valence-corrected chi connectivity index (χ4v) is 2.94. The summed E-state index contributed by atoms with van der Waals surface area (Å²) in [6, 6.07) is 9.71. The van der Waals surface area contributed by atoms with Crippen molar-refractivity contribution in [3.8, 4) is 0 Å². The molecule has 0 bridgehead atoms. The van der Waals surface area contributed by atoms with Crippen LogP contribution < -0.4 is 5.32 Å². The van der Waals surface area contributed by atoms with Gasteiger partial charge in [0.15, 0.2) is 9.84 Å². The van der Waals surface area contributed by atoms with Crippen LogP contribution in [0.15, 0.2) is 41.3 Å². The van der Waals surface area contributed by atoms with Crippen molar-refractivity contribution in [1.82, 2.24) is 0 Å². The van der Waals surface area contributed by atoms with Crippen LogP contribution in [0.5, 0.6) is 0 Å². The Morgan fingerprint density at radius 3 is 2.18 bits per heavy atom. The third kappa shape index (κ3) is 3.87. The second kappa shape index (κ2) is 6.10. The van der Waals surface area contributed by atoms with E-state index in [2.05, 4.69) is 5.32 Å².